The lowest BCUT2D eigenvalue weighted by atomic mass is 9.96. The zero-order chi connectivity index (χ0) is 16.3. The first kappa shape index (κ1) is 18.3. The summed E-state index contributed by atoms with van der Waals surface area (Å²) in [7, 11) is -3.90. The van der Waals surface area contributed by atoms with Crippen molar-refractivity contribution in [2.24, 2.45) is 0 Å². The second-order valence-corrected chi connectivity index (χ2v) is 7.54. The molecular weight excluding hydrogens is 409 g/mol. The molecule has 0 aromatic heterocycles. The summed E-state index contributed by atoms with van der Waals surface area (Å²) in [5, 5.41) is 18.5. The van der Waals surface area contributed by atoms with Crippen molar-refractivity contribution >= 4 is 38.6 Å². The predicted octanol–water partition coefficient (Wildman–Crippen LogP) is 1.82. The largest absolute Gasteiger partial charge is 0.478 e. The minimum atomic E-state index is -3.90. The summed E-state index contributed by atoms with van der Waals surface area (Å²) >= 11 is 1.83. The standard InChI is InChI=1S/C13H18INO5S/c1-3-13(4-2,8-16)15-21(19,20)9-5-6-11(14)10(7-9)12(17)18/h5-7,15-16H,3-4,8H2,1-2H3,(H,17,18). The van der Waals surface area contributed by atoms with Crippen LogP contribution in [0.2, 0.25) is 0 Å². The average Bonchev–Trinajstić information content (AvgIpc) is 2.44. The summed E-state index contributed by atoms with van der Waals surface area (Å²) in [6, 6.07) is 3.92. The lowest BCUT2D eigenvalue weighted by Crippen LogP contribution is -2.50. The van der Waals surface area contributed by atoms with Gasteiger partial charge >= 0.3 is 5.97 Å². The molecule has 0 bridgehead atoms. The number of carbonyl (C=O) groups is 1. The molecule has 6 nitrogen and oxygen atoms in total. The molecular formula is C13H18INO5S. The van der Waals surface area contributed by atoms with E-state index < -0.39 is 21.5 Å². The van der Waals surface area contributed by atoms with Crippen molar-refractivity contribution in [3.8, 4) is 0 Å². The Kier molecular flexibility index (Phi) is 6.14. The third-order valence-electron chi connectivity index (χ3n) is 3.49. The van der Waals surface area contributed by atoms with Gasteiger partial charge in [0.15, 0.2) is 0 Å². The Morgan fingerprint density at radius 2 is 1.90 bits per heavy atom. The van der Waals surface area contributed by atoms with Gasteiger partial charge in [0.05, 0.1) is 22.6 Å². The Hall–Kier alpha value is -0.710. The van der Waals surface area contributed by atoms with Gasteiger partial charge in [-0.3, -0.25) is 0 Å². The first-order valence-corrected chi connectivity index (χ1v) is 8.95. The Balaban J connectivity index is 3.26. The fraction of sp³-hybridized carbons (Fsp3) is 0.462. The maximum atomic E-state index is 12.4. The SMILES string of the molecule is CCC(CC)(CO)NS(=O)(=O)c1ccc(I)c(C(=O)O)c1. The lowest BCUT2D eigenvalue weighted by Gasteiger charge is -2.30. The van der Waals surface area contributed by atoms with E-state index in [-0.39, 0.29) is 17.1 Å². The number of sulfonamides is 1. The van der Waals surface area contributed by atoms with Crippen LogP contribution in [0.5, 0.6) is 0 Å². The molecule has 0 heterocycles. The molecule has 8 heteroatoms. The van der Waals surface area contributed by atoms with Crippen LogP contribution in [0.25, 0.3) is 0 Å². The highest BCUT2D eigenvalue weighted by atomic mass is 127. The fourth-order valence-electron chi connectivity index (χ4n) is 1.83. The molecule has 0 aliphatic rings. The number of rotatable bonds is 7. The zero-order valence-electron chi connectivity index (χ0n) is 11.8. The van der Waals surface area contributed by atoms with Crippen LogP contribution in [-0.2, 0) is 10.0 Å². The Bertz CT molecular complexity index is 617. The molecule has 0 fully saturated rings. The molecule has 21 heavy (non-hydrogen) atoms. The van der Waals surface area contributed by atoms with Crippen LogP contribution in [0, 0.1) is 3.57 Å². The second-order valence-electron chi connectivity index (χ2n) is 4.70. The topological polar surface area (TPSA) is 104 Å². The van der Waals surface area contributed by atoms with Gasteiger partial charge in [-0.05, 0) is 53.6 Å². The number of hydrogen-bond acceptors (Lipinski definition) is 4. The fourth-order valence-corrected chi connectivity index (χ4v) is 3.96. The average molecular weight is 427 g/mol. The number of aromatic carboxylic acids is 1. The molecule has 0 spiro atoms. The summed E-state index contributed by atoms with van der Waals surface area (Å²) in [4.78, 5) is 11.0. The van der Waals surface area contributed by atoms with E-state index in [0.29, 0.717) is 16.4 Å². The van der Waals surface area contributed by atoms with Gasteiger partial charge in [-0.25, -0.2) is 17.9 Å². The van der Waals surface area contributed by atoms with Gasteiger partial charge in [-0.15, -0.1) is 0 Å². The molecule has 0 aliphatic heterocycles. The van der Waals surface area contributed by atoms with E-state index in [2.05, 4.69) is 4.72 Å². The maximum absolute atomic E-state index is 12.4. The van der Waals surface area contributed by atoms with Gasteiger partial charge in [0.1, 0.15) is 0 Å². The summed E-state index contributed by atoms with van der Waals surface area (Å²) in [5.41, 5.74) is -1.01. The van der Waals surface area contributed by atoms with E-state index in [1.165, 1.54) is 12.1 Å². The third-order valence-corrected chi connectivity index (χ3v) is 6.00. The van der Waals surface area contributed by atoms with Gasteiger partial charge in [0.2, 0.25) is 10.0 Å². The van der Waals surface area contributed by atoms with Crippen LogP contribution < -0.4 is 4.72 Å². The molecule has 0 amide bonds. The number of aliphatic hydroxyl groups is 1. The van der Waals surface area contributed by atoms with E-state index in [1.807, 2.05) is 22.6 Å². The van der Waals surface area contributed by atoms with Gasteiger partial charge in [-0.2, -0.15) is 0 Å². The molecule has 0 unspecified atom stereocenters. The number of halogens is 1. The smallest absolute Gasteiger partial charge is 0.336 e. The molecule has 0 radical (unpaired) electrons. The number of carboxylic acids is 1. The maximum Gasteiger partial charge on any atom is 0.336 e. The molecule has 0 aliphatic carbocycles. The highest BCUT2D eigenvalue weighted by Gasteiger charge is 2.32. The van der Waals surface area contributed by atoms with Gasteiger partial charge in [0.25, 0.3) is 0 Å². The van der Waals surface area contributed by atoms with Crippen LogP contribution in [-0.4, -0.2) is 36.7 Å². The van der Waals surface area contributed by atoms with Crippen LogP contribution >= 0.6 is 22.6 Å². The van der Waals surface area contributed by atoms with E-state index >= 15 is 0 Å². The summed E-state index contributed by atoms with van der Waals surface area (Å²) < 4.78 is 27.7. The Morgan fingerprint density at radius 3 is 2.33 bits per heavy atom. The third kappa shape index (κ3) is 4.15. The van der Waals surface area contributed by atoms with E-state index in [4.69, 9.17) is 5.11 Å². The molecule has 1 rings (SSSR count). The summed E-state index contributed by atoms with van der Waals surface area (Å²) in [6.07, 6.45) is 0.852. The van der Waals surface area contributed by atoms with E-state index in [0.717, 1.165) is 6.07 Å². The molecule has 0 saturated heterocycles. The van der Waals surface area contributed by atoms with Crippen molar-refractivity contribution < 1.29 is 23.4 Å². The normalized spacial score (nSPS) is 12.4. The quantitative estimate of drug-likeness (QED) is 0.576. The molecule has 0 saturated carbocycles. The molecule has 0 atom stereocenters. The Morgan fingerprint density at radius 1 is 1.33 bits per heavy atom. The van der Waals surface area contributed by atoms with Crippen molar-refractivity contribution in [1.82, 2.24) is 4.72 Å². The lowest BCUT2D eigenvalue weighted by molar-refractivity contribution is 0.0695. The minimum absolute atomic E-state index is 0.0685. The first-order chi connectivity index (χ1) is 9.71. The van der Waals surface area contributed by atoms with Crippen molar-refractivity contribution in [2.45, 2.75) is 37.1 Å². The van der Waals surface area contributed by atoms with Crippen molar-refractivity contribution in [3.63, 3.8) is 0 Å². The minimum Gasteiger partial charge on any atom is -0.478 e. The highest BCUT2D eigenvalue weighted by Crippen LogP contribution is 2.22. The van der Waals surface area contributed by atoms with Gasteiger partial charge in [0, 0.05) is 3.57 Å². The number of hydrogen-bond donors (Lipinski definition) is 3. The number of nitrogens with one attached hydrogen (secondary N) is 1. The number of benzene rings is 1. The van der Waals surface area contributed by atoms with Crippen LogP contribution in [0.1, 0.15) is 37.0 Å². The van der Waals surface area contributed by atoms with E-state index in [9.17, 15) is 18.3 Å². The predicted molar refractivity (Wildman–Crippen MR) is 86.8 cm³/mol. The van der Waals surface area contributed by atoms with Crippen LogP contribution in [0.4, 0.5) is 0 Å². The van der Waals surface area contributed by atoms with Crippen molar-refractivity contribution in [3.05, 3.63) is 27.3 Å². The zero-order valence-corrected chi connectivity index (χ0v) is 14.7. The van der Waals surface area contributed by atoms with Gasteiger partial charge in [-0.1, -0.05) is 13.8 Å². The Labute approximate surface area is 137 Å². The van der Waals surface area contributed by atoms with Gasteiger partial charge < -0.3 is 10.2 Å². The summed E-state index contributed by atoms with van der Waals surface area (Å²) in [5.74, 6) is -1.18. The first-order valence-electron chi connectivity index (χ1n) is 6.39. The van der Waals surface area contributed by atoms with Crippen molar-refractivity contribution in [1.29, 1.82) is 0 Å². The summed E-state index contributed by atoms with van der Waals surface area (Å²) in [6.45, 7) is 3.23. The van der Waals surface area contributed by atoms with Crippen LogP contribution in [0.15, 0.2) is 23.1 Å². The monoisotopic (exact) mass is 427 g/mol. The molecule has 118 valence electrons. The van der Waals surface area contributed by atoms with Crippen LogP contribution in [0.3, 0.4) is 0 Å². The molecule has 1 aromatic rings. The number of carboxylic acid groups (broad SMARTS) is 1. The molecule has 1 aromatic carbocycles. The second kappa shape index (κ2) is 7.03. The highest BCUT2D eigenvalue weighted by molar-refractivity contribution is 14.1. The molecule has 3 N–H and O–H groups in total. The van der Waals surface area contributed by atoms with E-state index in [1.54, 1.807) is 13.8 Å². The van der Waals surface area contributed by atoms with Crippen molar-refractivity contribution in [2.75, 3.05) is 6.61 Å². The number of aliphatic hydroxyl groups excluding tert-OH is 1.